The summed E-state index contributed by atoms with van der Waals surface area (Å²) in [5.41, 5.74) is 1.94. The van der Waals surface area contributed by atoms with Crippen LogP contribution in [0.5, 0.6) is 5.75 Å². The number of hydrogen-bond acceptors (Lipinski definition) is 10. The van der Waals surface area contributed by atoms with Crippen molar-refractivity contribution in [2.45, 2.75) is 32.5 Å². The number of benzene rings is 1. The van der Waals surface area contributed by atoms with Gasteiger partial charge in [0.15, 0.2) is 5.82 Å². The van der Waals surface area contributed by atoms with Gasteiger partial charge in [-0.1, -0.05) is 11.6 Å². The molecule has 1 aliphatic rings. The number of hydrogen-bond donors (Lipinski definition) is 3. The van der Waals surface area contributed by atoms with E-state index in [-0.39, 0.29) is 23.3 Å². The molecule has 0 saturated heterocycles. The molecule has 0 radical (unpaired) electrons. The van der Waals surface area contributed by atoms with Crippen molar-refractivity contribution in [1.29, 1.82) is 0 Å². The van der Waals surface area contributed by atoms with E-state index in [2.05, 4.69) is 35.8 Å². The fourth-order valence-electron chi connectivity index (χ4n) is 4.49. The molecule has 4 aromatic rings. The van der Waals surface area contributed by atoms with Crippen molar-refractivity contribution in [3.8, 4) is 17.0 Å². The predicted molar refractivity (Wildman–Crippen MR) is 149 cm³/mol. The van der Waals surface area contributed by atoms with Crippen LogP contribution in [-0.2, 0) is 18.4 Å². The highest BCUT2D eigenvalue weighted by molar-refractivity contribution is 6.33. The number of amides is 2. The molecule has 13 nitrogen and oxygen atoms in total. The van der Waals surface area contributed by atoms with E-state index in [1.54, 1.807) is 39.2 Å². The molecule has 5 rings (SSSR count). The number of fused-ring (bicyclic) bond motifs is 1. The molecule has 0 fully saturated rings. The predicted octanol–water partition coefficient (Wildman–Crippen LogP) is 2.80. The summed E-state index contributed by atoms with van der Waals surface area (Å²) in [6.07, 6.45) is 4.48. The van der Waals surface area contributed by atoms with E-state index in [1.807, 2.05) is 0 Å². The average molecular weight is 596 g/mol. The quantitative estimate of drug-likeness (QED) is 0.249. The van der Waals surface area contributed by atoms with Gasteiger partial charge in [0, 0.05) is 24.9 Å². The minimum Gasteiger partial charge on any atom is -0.494 e. The van der Waals surface area contributed by atoms with Gasteiger partial charge in [0.25, 0.3) is 5.91 Å². The lowest BCUT2D eigenvalue weighted by molar-refractivity contribution is -0.126. The molecule has 0 spiro atoms. The smallest absolute Gasteiger partial charge is 0.256 e. The second-order valence-corrected chi connectivity index (χ2v) is 9.87. The van der Waals surface area contributed by atoms with Gasteiger partial charge in [-0.15, -0.1) is 5.10 Å². The zero-order valence-electron chi connectivity index (χ0n) is 22.9. The number of nitrogens with one attached hydrogen (secondary N) is 2. The van der Waals surface area contributed by atoms with E-state index in [0.29, 0.717) is 40.5 Å². The molecule has 218 valence electrons. The molecule has 0 saturated carbocycles. The Morgan fingerprint density at radius 3 is 2.74 bits per heavy atom. The van der Waals surface area contributed by atoms with Crippen LogP contribution in [0.3, 0.4) is 0 Å². The molecule has 0 bridgehead atoms. The van der Waals surface area contributed by atoms with E-state index in [4.69, 9.17) is 16.3 Å². The SMILES string of the molecule is CCOc1cc(F)cc([C@@H](CO)NC(=O)C(C)N2Cc3ncc(-c4nc(Nc5cnn(C)n5)ncc4Cl)cc3C2=O)c1. The van der Waals surface area contributed by atoms with Gasteiger partial charge in [-0.25, -0.2) is 14.4 Å². The van der Waals surface area contributed by atoms with Crippen molar-refractivity contribution in [2.75, 3.05) is 18.5 Å². The highest BCUT2D eigenvalue weighted by Gasteiger charge is 2.36. The molecule has 4 heterocycles. The van der Waals surface area contributed by atoms with Crippen molar-refractivity contribution in [1.82, 2.24) is 40.2 Å². The number of anilines is 2. The van der Waals surface area contributed by atoms with Crippen LogP contribution in [0.25, 0.3) is 11.3 Å². The number of aromatic nitrogens is 6. The maximum absolute atomic E-state index is 14.1. The van der Waals surface area contributed by atoms with E-state index < -0.39 is 36.3 Å². The highest BCUT2D eigenvalue weighted by atomic mass is 35.5. The summed E-state index contributed by atoms with van der Waals surface area (Å²) < 4.78 is 19.5. The first-order chi connectivity index (χ1) is 20.2. The third-order valence-corrected chi connectivity index (χ3v) is 6.87. The zero-order valence-corrected chi connectivity index (χ0v) is 23.6. The van der Waals surface area contributed by atoms with Crippen LogP contribution in [0.4, 0.5) is 16.2 Å². The first kappa shape index (κ1) is 28.8. The third-order valence-electron chi connectivity index (χ3n) is 6.59. The molecule has 0 aliphatic carbocycles. The summed E-state index contributed by atoms with van der Waals surface area (Å²) in [4.78, 5) is 42.4. The first-order valence-electron chi connectivity index (χ1n) is 13.0. The Labute approximate surface area is 244 Å². The number of aliphatic hydroxyl groups is 1. The van der Waals surface area contributed by atoms with Gasteiger partial charge in [0.05, 0.1) is 60.2 Å². The van der Waals surface area contributed by atoms with Gasteiger partial charge in [-0.3, -0.25) is 14.6 Å². The summed E-state index contributed by atoms with van der Waals surface area (Å²) in [7, 11) is 1.67. The van der Waals surface area contributed by atoms with Crippen LogP contribution in [0.2, 0.25) is 5.02 Å². The molecule has 1 aromatic carbocycles. The molecule has 1 aliphatic heterocycles. The van der Waals surface area contributed by atoms with Crippen LogP contribution >= 0.6 is 11.6 Å². The van der Waals surface area contributed by atoms with Crippen molar-refractivity contribution in [2.24, 2.45) is 7.05 Å². The van der Waals surface area contributed by atoms with Crippen LogP contribution in [0.1, 0.15) is 41.5 Å². The van der Waals surface area contributed by atoms with Gasteiger partial charge >= 0.3 is 0 Å². The Hall–Kier alpha value is -4.69. The van der Waals surface area contributed by atoms with Crippen molar-refractivity contribution < 1.29 is 23.8 Å². The maximum atomic E-state index is 14.1. The number of nitrogens with zero attached hydrogens (tertiary/aromatic N) is 7. The standard InChI is InChI=1S/C27H27ClFN9O4/c1-4-42-18-6-15(5-17(29)8-18)22(13-39)33-25(40)14(2)38-12-21-19(26(38)41)7-16(9-30-21)24-20(28)10-31-27(35-24)34-23-11-32-37(3)36-23/h5-11,14,22,39H,4,12-13H2,1-3H3,(H,33,40)(H,31,34,35,36)/t14?,22-/m1/s1. The fourth-order valence-corrected chi connectivity index (χ4v) is 4.69. The van der Waals surface area contributed by atoms with Crippen LogP contribution in [-0.4, -0.2) is 71.0 Å². The van der Waals surface area contributed by atoms with Crippen molar-refractivity contribution in [3.63, 3.8) is 0 Å². The summed E-state index contributed by atoms with van der Waals surface area (Å²) in [5, 5.41) is 24.0. The Morgan fingerprint density at radius 1 is 1.21 bits per heavy atom. The first-order valence-corrected chi connectivity index (χ1v) is 13.3. The van der Waals surface area contributed by atoms with Gasteiger partial charge in [-0.2, -0.15) is 9.90 Å². The lowest BCUT2D eigenvalue weighted by Crippen LogP contribution is -2.46. The largest absolute Gasteiger partial charge is 0.494 e. The monoisotopic (exact) mass is 595 g/mol. The lowest BCUT2D eigenvalue weighted by atomic mass is 10.1. The van der Waals surface area contributed by atoms with E-state index in [0.717, 1.165) is 0 Å². The van der Waals surface area contributed by atoms with Crippen LogP contribution in [0.15, 0.2) is 42.9 Å². The number of halogens is 2. The Balaban J connectivity index is 1.32. The molecule has 42 heavy (non-hydrogen) atoms. The maximum Gasteiger partial charge on any atom is 0.256 e. The molecule has 2 amide bonds. The summed E-state index contributed by atoms with van der Waals surface area (Å²) in [6, 6.07) is 3.76. The number of aryl methyl sites for hydroxylation is 1. The van der Waals surface area contributed by atoms with Crippen LogP contribution in [0, 0.1) is 5.82 Å². The molecule has 3 aromatic heterocycles. The number of aliphatic hydroxyl groups excluding tert-OH is 1. The van der Waals surface area contributed by atoms with E-state index in [1.165, 1.54) is 34.2 Å². The third kappa shape index (κ3) is 5.99. The molecule has 3 N–H and O–H groups in total. The second-order valence-electron chi connectivity index (χ2n) is 9.46. The minimum absolute atomic E-state index is 0.0955. The number of rotatable bonds is 10. The summed E-state index contributed by atoms with van der Waals surface area (Å²) in [5.74, 6) is -0.568. The Kier molecular flexibility index (Phi) is 8.27. The lowest BCUT2D eigenvalue weighted by Gasteiger charge is -2.26. The van der Waals surface area contributed by atoms with E-state index >= 15 is 0 Å². The molecular formula is C27H27ClFN9O4. The van der Waals surface area contributed by atoms with Gasteiger partial charge in [0.1, 0.15) is 17.6 Å². The number of ether oxygens (including phenoxy) is 1. The zero-order chi connectivity index (χ0) is 30.0. The second kappa shape index (κ2) is 12.0. The highest BCUT2D eigenvalue weighted by Crippen LogP contribution is 2.31. The van der Waals surface area contributed by atoms with Gasteiger partial charge < -0.3 is 25.4 Å². The Morgan fingerprint density at radius 2 is 2.02 bits per heavy atom. The topological polar surface area (TPSA) is 160 Å². The van der Waals surface area contributed by atoms with Crippen molar-refractivity contribution in [3.05, 3.63) is 70.5 Å². The molecule has 1 unspecified atom stereocenters. The van der Waals surface area contributed by atoms with Gasteiger partial charge in [0.2, 0.25) is 11.9 Å². The number of carbonyl (C=O) groups excluding carboxylic acids is 2. The normalized spacial score (nSPS) is 14.0. The fraction of sp³-hybridized carbons (Fsp3) is 0.296. The summed E-state index contributed by atoms with van der Waals surface area (Å²) >= 11 is 6.38. The number of carbonyl (C=O) groups is 2. The Bertz CT molecular complexity index is 1650. The van der Waals surface area contributed by atoms with Crippen molar-refractivity contribution >= 4 is 35.2 Å². The minimum atomic E-state index is -0.922. The average Bonchev–Trinajstić information content (AvgIpc) is 3.53. The summed E-state index contributed by atoms with van der Waals surface area (Å²) in [6.45, 7) is 3.27. The van der Waals surface area contributed by atoms with Crippen LogP contribution < -0.4 is 15.4 Å². The number of pyridine rings is 1. The molecule has 2 atom stereocenters. The van der Waals surface area contributed by atoms with Gasteiger partial charge in [-0.05, 0) is 37.6 Å². The molecule has 15 heteroatoms. The molecular weight excluding hydrogens is 569 g/mol. The van der Waals surface area contributed by atoms with E-state index in [9.17, 15) is 19.1 Å².